The lowest BCUT2D eigenvalue weighted by Gasteiger charge is -2.05. The summed E-state index contributed by atoms with van der Waals surface area (Å²) in [6.45, 7) is 2.31. The van der Waals surface area contributed by atoms with Crippen LogP contribution >= 0.6 is 0 Å². The van der Waals surface area contributed by atoms with Crippen LogP contribution in [0, 0.1) is 0 Å². The van der Waals surface area contributed by atoms with E-state index in [1.54, 1.807) is 6.26 Å². The Kier molecular flexibility index (Phi) is 5.16. The third-order valence-corrected chi connectivity index (χ3v) is 3.22. The average molecular weight is 259 g/mol. The molecule has 0 bridgehead atoms. The molecule has 19 heavy (non-hydrogen) atoms. The monoisotopic (exact) mass is 259 g/mol. The van der Waals surface area contributed by atoms with Gasteiger partial charge in [0.15, 0.2) is 0 Å². The van der Waals surface area contributed by atoms with Gasteiger partial charge in [-0.2, -0.15) is 0 Å². The van der Waals surface area contributed by atoms with E-state index < -0.39 is 0 Å². The fraction of sp³-hybridized carbons (Fsp3) is 0.438. The molecule has 0 fully saturated rings. The number of rotatable bonds is 7. The SMILES string of the molecule is CCCCCc1ccccc1-c1nc(CCO)co1. The predicted octanol–water partition coefficient (Wildman–Crippen LogP) is 3.61. The first-order valence-corrected chi connectivity index (χ1v) is 6.98. The van der Waals surface area contributed by atoms with Gasteiger partial charge in [-0.05, 0) is 24.5 Å². The molecule has 1 aromatic carbocycles. The van der Waals surface area contributed by atoms with Gasteiger partial charge in [-0.3, -0.25) is 0 Å². The quantitative estimate of drug-likeness (QED) is 0.773. The Hall–Kier alpha value is -1.61. The number of aromatic nitrogens is 1. The Balaban J connectivity index is 2.17. The number of hydrogen-bond acceptors (Lipinski definition) is 3. The summed E-state index contributed by atoms with van der Waals surface area (Å²) in [5.41, 5.74) is 3.16. The van der Waals surface area contributed by atoms with E-state index in [0.29, 0.717) is 12.3 Å². The van der Waals surface area contributed by atoms with Crippen molar-refractivity contribution in [3.63, 3.8) is 0 Å². The normalized spacial score (nSPS) is 10.8. The molecule has 1 N–H and O–H groups in total. The molecule has 0 radical (unpaired) electrons. The molecule has 102 valence electrons. The molecule has 2 rings (SSSR count). The number of nitrogens with zero attached hydrogens (tertiary/aromatic N) is 1. The molecular weight excluding hydrogens is 238 g/mol. The average Bonchev–Trinajstić information content (AvgIpc) is 2.89. The van der Waals surface area contributed by atoms with Gasteiger partial charge < -0.3 is 9.52 Å². The Labute approximate surface area is 114 Å². The zero-order chi connectivity index (χ0) is 13.5. The standard InChI is InChI=1S/C16H21NO2/c1-2-3-4-7-13-8-5-6-9-15(13)16-17-14(10-11-18)12-19-16/h5-6,8-9,12,18H,2-4,7,10-11H2,1H3. The molecule has 3 heteroatoms. The van der Waals surface area contributed by atoms with Crippen LogP contribution in [-0.2, 0) is 12.8 Å². The molecule has 0 spiro atoms. The lowest BCUT2D eigenvalue weighted by Crippen LogP contribution is -1.93. The second-order valence-corrected chi connectivity index (χ2v) is 4.73. The summed E-state index contributed by atoms with van der Waals surface area (Å²) in [5.74, 6) is 0.663. The number of aliphatic hydroxyl groups is 1. The summed E-state index contributed by atoms with van der Waals surface area (Å²) in [4.78, 5) is 4.43. The molecule has 0 saturated carbocycles. The topological polar surface area (TPSA) is 46.3 Å². The zero-order valence-corrected chi connectivity index (χ0v) is 11.4. The predicted molar refractivity (Wildman–Crippen MR) is 76.0 cm³/mol. The third-order valence-electron chi connectivity index (χ3n) is 3.22. The number of benzene rings is 1. The van der Waals surface area contributed by atoms with Crippen molar-refractivity contribution in [2.45, 2.75) is 39.0 Å². The van der Waals surface area contributed by atoms with Gasteiger partial charge in [0, 0.05) is 18.6 Å². The van der Waals surface area contributed by atoms with Crippen LogP contribution in [0.3, 0.4) is 0 Å². The van der Waals surface area contributed by atoms with Crippen molar-refractivity contribution >= 4 is 0 Å². The van der Waals surface area contributed by atoms with Gasteiger partial charge in [-0.25, -0.2) is 4.98 Å². The van der Waals surface area contributed by atoms with E-state index in [-0.39, 0.29) is 6.61 Å². The summed E-state index contributed by atoms with van der Waals surface area (Å²) in [5, 5.41) is 8.92. The van der Waals surface area contributed by atoms with Gasteiger partial charge >= 0.3 is 0 Å². The Morgan fingerprint density at radius 3 is 2.79 bits per heavy atom. The van der Waals surface area contributed by atoms with Gasteiger partial charge in [-0.15, -0.1) is 0 Å². The lowest BCUT2D eigenvalue weighted by molar-refractivity contribution is 0.298. The van der Waals surface area contributed by atoms with Crippen molar-refractivity contribution in [1.82, 2.24) is 4.98 Å². The van der Waals surface area contributed by atoms with E-state index in [2.05, 4.69) is 30.1 Å². The van der Waals surface area contributed by atoms with Crippen molar-refractivity contribution in [2.75, 3.05) is 6.61 Å². The summed E-state index contributed by atoms with van der Waals surface area (Å²) in [6.07, 6.45) is 6.90. The molecule has 0 unspecified atom stereocenters. The van der Waals surface area contributed by atoms with Gasteiger partial charge in [0.05, 0.1) is 5.69 Å². The van der Waals surface area contributed by atoms with Crippen molar-refractivity contribution < 1.29 is 9.52 Å². The van der Waals surface area contributed by atoms with Crippen LogP contribution < -0.4 is 0 Å². The smallest absolute Gasteiger partial charge is 0.226 e. The molecule has 0 saturated heterocycles. The van der Waals surface area contributed by atoms with Crippen LogP contribution in [0.4, 0.5) is 0 Å². The molecule has 0 atom stereocenters. The molecule has 0 amide bonds. The number of aliphatic hydroxyl groups excluding tert-OH is 1. The fourth-order valence-corrected chi connectivity index (χ4v) is 2.17. The highest BCUT2D eigenvalue weighted by Gasteiger charge is 2.10. The van der Waals surface area contributed by atoms with Crippen molar-refractivity contribution in [2.24, 2.45) is 0 Å². The summed E-state index contributed by atoms with van der Waals surface area (Å²) in [6, 6.07) is 8.26. The van der Waals surface area contributed by atoms with Crippen LogP contribution in [0.25, 0.3) is 11.5 Å². The van der Waals surface area contributed by atoms with E-state index in [9.17, 15) is 0 Å². The minimum absolute atomic E-state index is 0.101. The summed E-state index contributed by atoms with van der Waals surface area (Å²) in [7, 11) is 0. The van der Waals surface area contributed by atoms with Crippen LogP contribution in [0.15, 0.2) is 34.9 Å². The molecule has 1 aromatic heterocycles. The van der Waals surface area contributed by atoms with Crippen LogP contribution in [0.1, 0.15) is 37.4 Å². The second kappa shape index (κ2) is 7.10. The third kappa shape index (κ3) is 3.67. The highest BCUT2D eigenvalue weighted by molar-refractivity contribution is 5.58. The molecule has 0 aliphatic heterocycles. The Bertz CT molecular complexity index is 505. The molecule has 2 aromatic rings. The largest absolute Gasteiger partial charge is 0.444 e. The number of unbranched alkanes of at least 4 members (excludes halogenated alkanes) is 2. The first-order valence-electron chi connectivity index (χ1n) is 6.98. The van der Waals surface area contributed by atoms with E-state index in [1.807, 2.05) is 6.07 Å². The second-order valence-electron chi connectivity index (χ2n) is 4.73. The van der Waals surface area contributed by atoms with Gasteiger partial charge in [0.1, 0.15) is 6.26 Å². The number of oxazole rings is 1. The molecule has 1 heterocycles. The first-order chi connectivity index (χ1) is 9.35. The highest BCUT2D eigenvalue weighted by Crippen LogP contribution is 2.24. The molecule has 3 nitrogen and oxygen atoms in total. The summed E-state index contributed by atoms with van der Waals surface area (Å²) >= 11 is 0. The van der Waals surface area contributed by atoms with Crippen molar-refractivity contribution in [1.29, 1.82) is 0 Å². The van der Waals surface area contributed by atoms with Gasteiger partial charge in [0.2, 0.25) is 5.89 Å². The lowest BCUT2D eigenvalue weighted by atomic mass is 10.0. The maximum Gasteiger partial charge on any atom is 0.226 e. The van der Waals surface area contributed by atoms with E-state index in [1.165, 1.54) is 24.8 Å². The molecule has 0 aliphatic rings. The number of hydrogen-bond donors (Lipinski definition) is 1. The minimum Gasteiger partial charge on any atom is -0.444 e. The van der Waals surface area contributed by atoms with Crippen LogP contribution in [-0.4, -0.2) is 16.7 Å². The zero-order valence-electron chi connectivity index (χ0n) is 11.4. The first kappa shape index (κ1) is 13.8. The van der Waals surface area contributed by atoms with Crippen molar-refractivity contribution in [3.8, 4) is 11.5 Å². The van der Waals surface area contributed by atoms with Crippen LogP contribution in [0.2, 0.25) is 0 Å². The molecule has 0 aliphatic carbocycles. The van der Waals surface area contributed by atoms with Crippen molar-refractivity contribution in [3.05, 3.63) is 41.8 Å². The number of aryl methyl sites for hydroxylation is 1. The fourth-order valence-electron chi connectivity index (χ4n) is 2.17. The maximum atomic E-state index is 8.92. The van der Waals surface area contributed by atoms with Crippen LogP contribution in [0.5, 0.6) is 0 Å². The molecular formula is C16H21NO2. The summed E-state index contributed by atoms with van der Waals surface area (Å²) < 4.78 is 5.53. The van der Waals surface area contributed by atoms with E-state index >= 15 is 0 Å². The Morgan fingerprint density at radius 1 is 1.16 bits per heavy atom. The Morgan fingerprint density at radius 2 is 2.00 bits per heavy atom. The minimum atomic E-state index is 0.101. The highest BCUT2D eigenvalue weighted by atomic mass is 16.3. The van der Waals surface area contributed by atoms with E-state index in [0.717, 1.165) is 17.7 Å². The van der Waals surface area contributed by atoms with Gasteiger partial charge in [-0.1, -0.05) is 38.0 Å². The van der Waals surface area contributed by atoms with E-state index in [4.69, 9.17) is 9.52 Å². The van der Waals surface area contributed by atoms with Gasteiger partial charge in [0.25, 0.3) is 0 Å². The maximum absolute atomic E-state index is 8.92.